The molecule has 9 heavy (non-hydrogen) atoms. The lowest BCUT2D eigenvalue weighted by Crippen LogP contribution is -1.90. The standard InChI is InChI=1S/C6H7N3/c1-5-4-6(7-2)8-9(5)3/h4H,1,3H3. The fraction of sp³-hybridized carbons (Fsp3) is 0.333. The second-order valence-corrected chi connectivity index (χ2v) is 1.88. The first-order chi connectivity index (χ1) is 4.24. The summed E-state index contributed by atoms with van der Waals surface area (Å²) in [5.41, 5.74) is 1.01. The summed E-state index contributed by atoms with van der Waals surface area (Å²) < 4.78 is 1.69. The van der Waals surface area contributed by atoms with Gasteiger partial charge < -0.3 is 4.85 Å². The third-order valence-corrected chi connectivity index (χ3v) is 1.22. The fourth-order valence-electron chi connectivity index (χ4n) is 0.596. The number of nitrogens with zero attached hydrogens (tertiary/aromatic N) is 3. The minimum atomic E-state index is 0.468. The Morgan fingerprint density at radius 1 is 1.78 bits per heavy atom. The van der Waals surface area contributed by atoms with Crippen LogP contribution in [-0.4, -0.2) is 9.78 Å². The molecule has 1 aromatic rings. The number of aromatic nitrogens is 2. The van der Waals surface area contributed by atoms with E-state index in [-0.39, 0.29) is 0 Å². The number of rotatable bonds is 0. The third kappa shape index (κ3) is 0.918. The SMILES string of the molecule is [C-]#[N+]c1cc(C)n(C)n1. The highest BCUT2D eigenvalue weighted by atomic mass is 15.3. The zero-order valence-electron chi connectivity index (χ0n) is 5.42. The van der Waals surface area contributed by atoms with Gasteiger partial charge in [0.15, 0.2) is 0 Å². The summed E-state index contributed by atoms with van der Waals surface area (Å²) >= 11 is 0. The summed E-state index contributed by atoms with van der Waals surface area (Å²) in [5.74, 6) is 0.468. The average Bonchev–Trinajstić information content (AvgIpc) is 2.13. The van der Waals surface area contributed by atoms with Crippen LogP contribution in [0.3, 0.4) is 0 Å². The number of hydrogen-bond donors (Lipinski definition) is 0. The highest BCUT2D eigenvalue weighted by Gasteiger charge is 1.99. The van der Waals surface area contributed by atoms with Crippen molar-refractivity contribution >= 4 is 5.82 Å². The van der Waals surface area contributed by atoms with Gasteiger partial charge in [0, 0.05) is 12.7 Å². The second-order valence-electron chi connectivity index (χ2n) is 1.88. The first-order valence-corrected chi connectivity index (χ1v) is 2.62. The summed E-state index contributed by atoms with van der Waals surface area (Å²) in [6.07, 6.45) is 0. The van der Waals surface area contributed by atoms with E-state index in [4.69, 9.17) is 6.57 Å². The molecule has 0 saturated carbocycles. The molecule has 0 amide bonds. The van der Waals surface area contributed by atoms with Gasteiger partial charge in [-0.2, -0.15) is 4.68 Å². The zero-order valence-corrected chi connectivity index (χ0v) is 5.42. The number of aryl methyl sites for hydroxylation is 2. The number of hydrogen-bond acceptors (Lipinski definition) is 1. The maximum absolute atomic E-state index is 6.60. The molecule has 0 aliphatic rings. The maximum Gasteiger partial charge on any atom is 0.295 e. The Morgan fingerprint density at radius 2 is 2.44 bits per heavy atom. The van der Waals surface area contributed by atoms with Crippen LogP contribution in [0.25, 0.3) is 4.85 Å². The van der Waals surface area contributed by atoms with Gasteiger partial charge in [-0.15, -0.1) is 0 Å². The third-order valence-electron chi connectivity index (χ3n) is 1.22. The molecule has 0 aliphatic carbocycles. The molecule has 0 unspecified atom stereocenters. The first kappa shape index (κ1) is 5.83. The van der Waals surface area contributed by atoms with Crippen molar-refractivity contribution in [1.29, 1.82) is 0 Å². The molecule has 3 nitrogen and oxygen atoms in total. The van der Waals surface area contributed by atoms with Gasteiger partial charge in [-0.3, -0.25) is 0 Å². The summed E-state index contributed by atoms with van der Waals surface area (Å²) in [4.78, 5) is 3.17. The quantitative estimate of drug-likeness (QED) is 0.474. The minimum Gasteiger partial charge on any atom is -0.359 e. The summed E-state index contributed by atoms with van der Waals surface area (Å²) in [6.45, 7) is 8.52. The summed E-state index contributed by atoms with van der Waals surface area (Å²) in [5, 5.41) is 3.89. The van der Waals surface area contributed by atoms with E-state index in [1.54, 1.807) is 10.7 Å². The zero-order chi connectivity index (χ0) is 6.85. The van der Waals surface area contributed by atoms with Crippen LogP contribution in [0.1, 0.15) is 5.69 Å². The van der Waals surface area contributed by atoms with Crippen molar-refractivity contribution in [3.05, 3.63) is 23.2 Å². The molecule has 1 heterocycles. The van der Waals surface area contributed by atoms with Gasteiger partial charge in [0.2, 0.25) is 0 Å². The largest absolute Gasteiger partial charge is 0.359 e. The molecule has 46 valence electrons. The monoisotopic (exact) mass is 121 g/mol. The van der Waals surface area contributed by atoms with E-state index in [2.05, 4.69) is 9.94 Å². The Hall–Kier alpha value is -1.30. The maximum atomic E-state index is 6.60. The molecule has 0 atom stereocenters. The Morgan fingerprint density at radius 3 is 2.67 bits per heavy atom. The van der Waals surface area contributed by atoms with Crippen LogP contribution in [0.5, 0.6) is 0 Å². The smallest absolute Gasteiger partial charge is 0.295 e. The van der Waals surface area contributed by atoms with Crippen LogP contribution in [-0.2, 0) is 7.05 Å². The van der Waals surface area contributed by atoms with Gasteiger partial charge in [-0.05, 0) is 18.1 Å². The van der Waals surface area contributed by atoms with Gasteiger partial charge in [-0.25, -0.2) is 0 Å². The van der Waals surface area contributed by atoms with E-state index in [0.29, 0.717) is 5.82 Å². The molecule has 0 aromatic carbocycles. The molecule has 0 spiro atoms. The van der Waals surface area contributed by atoms with Gasteiger partial charge in [0.05, 0.1) is 0 Å². The lowest BCUT2D eigenvalue weighted by Gasteiger charge is -1.82. The van der Waals surface area contributed by atoms with Crippen molar-refractivity contribution in [3.63, 3.8) is 0 Å². The van der Waals surface area contributed by atoms with Crippen LogP contribution < -0.4 is 0 Å². The van der Waals surface area contributed by atoms with Crippen LogP contribution in [0.4, 0.5) is 5.82 Å². The van der Waals surface area contributed by atoms with Crippen molar-refractivity contribution in [3.8, 4) is 0 Å². The average molecular weight is 121 g/mol. The van der Waals surface area contributed by atoms with E-state index < -0.39 is 0 Å². The van der Waals surface area contributed by atoms with Gasteiger partial charge in [0.1, 0.15) is 0 Å². The highest BCUT2D eigenvalue weighted by molar-refractivity contribution is 5.35. The van der Waals surface area contributed by atoms with Crippen molar-refractivity contribution in [2.24, 2.45) is 7.05 Å². The molecule has 0 radical (unpaired) electrons. The van der Waals surface area contributed by atoms with Crippen molar-refractivity contribution in [1.82, 2.24) is 9.78 Å². The van der Waals surface area contributed by atoms with E-state index >= 15 is 0 Å². The Labute approximate surface area is 53.7 Å². The lowest BCUT2D eigenvalue weighted by molar-refractivity contribution is 0.745. The summed E-state index contributed by atoms with van der Waals surface area (Å²) in [7, 11) is 1.82. The van der Waals surface area contributed by atoms with E-state index in [1.165, 1.54) is 0 Å². The fourth-order valence-corrected chi connectivity index (χ4v) is 0.596. The van der Waals surface area contributed by atoms with Gasteiger partial charge in [-0.1, -0.05) is 6.57 Å². The first-order valence-electron chi connectivity index (χ1n) is 2.62. The molecule has 3 heteroatoms. The van der Waals surface area contributed by atoms with E-state index in [0.717, 1.165) is 5.69 Å². The molecule has 1 aromatic heterocycles. The lowest BCUT2D eigenvalue weighted by atomic mass is 10.5. The van der Waals surface area contributed by atoms with E-state index in [9.17, 15) is 0 Å². The minimum absolute atomic E-state index is 0.468. The topological polar surface area (TPSA) is 22.2 Å². The molecule has 0 fully saturated rings. The predicted molar refractivity (Wildman–Crippen MR) is 34.2 cm³/mol. The molecule has 0 saturated heterocycles. The van der Waals surface area contributed by atoms with Gasteiger partial charge in [0.25, 0.3) is 5.82 Å². The van der Waals surface area contributed by atoms with Crippen LogP contribution in [0, 0.1) is 13.5 Å². The highest BCUT2D eigenvalue weighted by Crippen LogP contribution is 2.08. The molecular formula is C6H7N3. The molecule has 0 bridgehead atoms. The Bertz CT molecular complexity index is 234. The van der Waals surface area contributed by atoms with Crippen molar-refractivity contribution in [2.45, 2.75) is 6.92 Å². The van der Waals surface area contributed by atoms with Crippen LogP contribution >= 0.6 is 0 Å². The van der Waals surface area contributed by atoms with Crippen molar-refractivity contribution in [2.75, 3.05) is 0 Å². The van der Waals surface area contributed by atoms with Crippen molar-refractivity contribution < 1.29 is 0 Å². The molecule has 1 rings (SSSR count). The Kier molecular flexibility index (Phi) is 1.23. The van der Waals surface area contributed by atoms with Crippen LogP contribution in [0.2, 0.25) is 0 Å². The molecular weight excluding hydrogens is 114 g/mol. The second kappa shape index (κ2) is 1.90. The predicted octanol–water partition coefficient (Wildman–Crippen LogP) is 1.28. The van der Waals surface area contributed by atoms with Crippen LogP contribution in [0.15, 0.2) is 6.07 Å². The summed E-state index contributed by atoms with van der Waals surface area (Å²) in [6, 6.07) is 1.76. The van der Waals surface area contributed by atoms with E-state index in [1.807, 2.05) is 14.0 Å². The normalized spacial score (nSPS) is 9.00. The molecule has 0 N–H and O–H groups in total. The van der Waals surface area contributed by atoms with Gasteiger partial charge >= 0.3 is 0 Å². The molecule has 0 aliphatic heterocycles. The Balaban J connectivity index is 3.16.